The standard InChI is InChI=1S/C25H30N2O8/c1-11-19(30)17(13(3)28)21-18(20(11)31)25(7)15(34-21)10-14(29)16(22(25)32)12(2)26-8-9-27-23(33)35-24(4,5)6/h10,26,30-31H,8-9H2,1-7H3,(H,27,33)/t25-/m0/s1. The third kappa shape index (κ3) is 4.36. The molecule has 3 rings (SSSR count). The number of phenolic OH excluding ortho intramolecular Hbond substituents is 2. The monoisotopic (exact) mass is 486 g/mol. The molecule has 0 bridgehead atoms. The lowest BCUT2D eigenvalue weighted by molar-refractivity contribution is -0.123. The van der Waals surface area contributed by atoms with E-state index in [-0.39, 0.29) is 58.3 Å². The number of nitrogens with one attached hydrogen (secondary N) is 2. The molecular formula is C25H30N2O8. The van der Waals surface area contributed by atoms with Gasteiger partial charge in [0.2, 0.25) is 0 Å². The first-order valence-corrected chi connectivity index (χ1v) is 11.1. The third-order valence-electron chi connectivity index (χ3n) is 5.94. The molecule has 188 valence electrons. The number of Topliss-reactive ketones (excluding diaryl/α,β-unsaturated/α-hetero) is 2. The second-order valence-electron chi connectivity index (χ2n) is 9.74. The number of aromatic hydroxyl groups is 2. The lowest BCUT2D eigenvalue weighted by atomic mass is 9.70. The van der Waals surface area contributed by atoms with E-state index in [4.69, 9.17) is 9.47 Å². The molecule has 1 aromatic carbocycles. The topological polar surface area (TPSA) is 151 Å². The van der Waals surface area contributed by atoms with Crippen molar-refractivity contribution in [2.45, 2.75) is 59.5 Å². The largest absolute Gasteiger partial charge is 0.507 e. The fourth-order valence-corrected chi connectivity index (χ4v) is 4.18. The minimum absolute atomic E-state index is 0.0262. The summed E-state index contributed by atoms with van der Waals surface area (Å²) in [6.07, 6.45) is 0.556. The third-order valence-corrected chi connectivity index (χ3v) is 5.94. The van der Waals surface area contributed by atoms with Gasteiger partial charge in [-0.05, 0) is 48.5 Å². The Morgan fingerprint density at radius 2 is 1.69 bits per heavy atom. The maximum absolute atomic E-state index is 13.7. The van der Waals surface area contributed by atoms with E-state index in [0.717, 1.165) is 6.08 Å². The van der Waals surface area contributed by atoms with Crippen molar-refractivity contribution in [3.8, 4) is 17.2 Å². The number of hydrogen-bond donors (Lipinski definition) is 4. The molecular weight excluding hydrogens is 456 g/mol. The predicted octanol–water partition coefficient (Wildman–Crippen LogP) is 2.68. The number of benzene rings is 1. The molecule has 4 N–H and O–H groups in total. The number of alkyl carbamates (subject to hydrolysis) is 1. The van der Waals surface area contributed by atoms with Gasteiger partial charge in [-0.15, -0.1) is 0 Å². The maximum atomic E-state index is 13.7. The molecule has 0 unspecified atom stereocenters. The minimum Gasteiger partial charge on any atom is -0.507 e. The molecule has 1 aliphatic carbocycles. The number of amides is 1. The minimum atomic E-state index is -1.58. The summed E-state index contributed by atoms with van der Waals surface area (Å²) in [6.45, 7) is 11.3. The first-order valence-electron chi connectivity index (χ1n) is 11.1. The van der Waals surface area contributed by atoms with Crippen LogP contribution in [0.15, 0.2) is 23.1 Å². The van der Waals surface area contributed by atoms with Crippen molar-refractivity contribution < 1.29 is 38.9 Å². The van der Waals surface area contributed by atoms with E-state index in [2.05, 4.69) is 10.6 Å². The lowest BCUT2D eigenvalue weighted by Crippen LogP contribution is -2.42. The molecule has 0 spiro atoms. The van der Waals surface area contributed by atoms with Crippen molar-refractivity contribution in [2.75, 3.05) is 13.1 Å². The van der Waals surface area contributed by atoms with E-state index >= 15 is 0 Å². The van der Waals surface area contributed by atoms with E-state index in [0.29, 0.717) is 0 Å². The fraction of sp³-hybridized carbons (Fsp3) is 0.440. The fourth-order valence-electron chi connectivity index (χ4n) is 4.18. The number of rotatable bonds is 5. The number of ether oxygens (including phenoxy) is 2. The highest BCUT2D eigenvalue weighted by atomic mass is 16.6. The Kier molecular flexibility index (Phi) is 6.45. The number of carbonyl (C=O) groups is 4. The van der Waals surface area contributed by atoms with Gasteiger partial charge >= 0.3 is 6.09 Å². The molecule has 10 nitrogen and oxygen atoms in total. The summed E-state index contributed by atoms with van der Waals surface area (Å²) in [5, 5.41) is 26.8. The summed E-state index contributed by atoms with van der Waals surface area (Å²) in [4.78, 5) is 50.6. The van der Waals surface area contributed by atoms with Crippen LogP contribution in [0.2, 0.25) is 0 Å². The highest BCUT2D eigenvalue weighted by Gasteiger charge is 2.56. The van der Waals surface area contributed by atoms with E-state index in [1.165, 1.54) is 20.8 Å². The van der Waals surface area contributed by atoms with Crippen LogP contribution >= 0.6 is 0 Å². The number of carbonyl (C=O) groups excluding carboxylic acids is 4. The normalized spacial score (nSPS) is 20.4. The van der Waals surface area contributed by atoms with Gasteiger partial charge in [-0.1, -0.05) is 0 Å². The Balaban J connectivity index is 1.93. The van der Waals surface area contributed by atoms with Crippen LogP contribution in [-0.4, -0.2) is 52.3 Å². The number of phenols is 2. The van der Waals surface area contributed by atoms with Crippen molar-refractivity contribution in [1.29, 1.82) is 0 Å². The van der Waals surface area contributed by atoms with Crippen LogP contribution in [0.4, 0.5) is 4.79 Å². The molecule has 0 saturated heterocycles. The molecule has 0 radical (unpaired) electrons. The summed E-state index contributed by atoms with van der Waals surface area (Å²) in [6, 6.07) is 0. The zero-order valence-electron chi connectivity index (χ0n) is 20.8. The Morgan fingerprint density at radius 3 is 2.26 bits per heavy atom. The SMILES string of the molecule is CC(=O)c1c(O)c(C)c(O)c2c1OC1=CC(=O)C(=C(C)NCCNC(=O)OC(C)(C)C)C(=O)[C@@]12C. The summed E-state index contributed by atoms with van der Waals surface area (Å²) in [7, 11) is 0. The Labute approximate surface area is 203 Å². The van der Waals surface area contributed by atoms with Crippen molar-refractivity contribution in [3.63, 3.8) is 0 Å². The lowest BCUT2D eigenvalue weighted by Gasteiger charge is -2.29. The van der Waals surface area contributed by atoms with Crippen LogP contribution in [0.25, 0.3) is 0 Å². The molecule has 1 aromatic rings. The summed E-state index contributed by atoms with van der Waals surface area (Å²) >= 11 is 0. The summed E-state index contributed by atoms with van der Waals surface area (Å²) < 4.78 is 10.9. The molecule has 0 aromatic heterocycles. The van der Waals surface area contributed by atoms with E-state index in [1.807, 2.05) is 0 Å². The van der Waals surface area contributed by atoms with Gasteiger partial charge in [0.05, 0.1) is 11.1 Å². The van der Waals surface area contributed by atoms with Crippen molar-refractivity contribution in [2.24, 2.45) is 0 Å². The quantitative estimate of drug-likeness (QED) is 0.213. The highest BCUT2D eigenvalue weighted by molar-refractivity contribution is 6.31. The van der Waals surface area contributed by atoms with Crippen LogP contribution in [0.5, 0.6) is 17.2 Å². The van der Waals surface area contributed by atoms with Gasteiger partial charge in [-0.25, -0.2) is 4.79 Å². The van der Waals surface area contributed by atoms with Gasteiger partial charge in [0.25, 0.3) is 0 Å². The Bertz CT molecular complexity index is 1220. The first kappa shape index (κ1) is 25.8. The molecule has 0 saturated carbocycles. The number of ketones is 3. The molecule has 1 heterocycles. The van der Waals surface area contributed by atoms with Gasteiger partial charge in [-0.3, -0.25) is 14.4 Å². The number of hydrogen-bond acceptors (Lipinski definition) is 9. The maximum Gasteiger partial charge on any atom is 0.407 e. The van der Waals surface area contributed by atoms with E-state index < -0.39 is 40.2 Å². The van der Waals surface area contributed by atoms with Gasteiger partial charge in [0.1, 0.15) is 39.6 Å². The molecule has 1 atom stereocenters. The van der Waals surface area contributed by atoms with Gasteiger partial charge in [0, 0.05) is 30.4 Å². The average molecular weight is 487 g/mol. The Hall–Kier alpha value is -3.82. The second kappa shape index (κ2) is 8.75. The first-order chi connectivity index (χ1) is 16.1. The molecule has 0 fully saturated rings. The molecule has 2 aliphatic rings. The summed E-state index contributed by atoms with van der Waals surface area (Å²) in [5.41, 5.74) is -2.20. The highest BCUT2D eigenvalue weighted by Crippen LogP contribution is 2.57. The average Bonchev–Trinajstić information content (AvgIpc) is 3.01. The predicted molar refractivity (Wildman–Crippen MR) is 126 cm³/mol. The van der Waals surface area contributed by atoms with Gasteiger partial charge in [0.15, 0.2) is 17.3 Å². The van der Waals surface area contributed by atoms with E-state index in [1.54, 1.807) is 27.7 Å². The zero-order valence-corrected chi connectivity index (χ0v) is 20.8. The van der Waals surface area contributed by atoms with Gasteiger partial charge in [-0.2, -0.15) is 0 Å². The molecule has 35 heavy (non-hydrogen) atoms. The molecule has 1 amide bonds. The van der Waals surface area contributed by atoms with Gasteiger partial charge < -0.3 is 30.3 Å². The van der Waals surface area contributed by atoms with Crippen LogP contribution in [-0.2, 0) is 19.7 Å². The number of fused-ring (bicyclic) bond motifs is 3. The molecule has 1 aliphatic heterocycles. The Morgan fingerprint density at radius 1 is 1.09 bits per heavy atom. The van der Waals surface area contributed by atoms with Crippen LogP contribution in [0, 0.1) is 6.92 Å². The number of allylic oxidation sites excluding steroid dienone is 4. The van der Waals surface area contributed by atoms with Crippen LogP contribution in [0.1, 0.15) is 63.0 Å². The van der Waals surface area contributed by atoms with Crippen molar-refractivity contribution in [1.82, 2.24) is 10.6 Å². The smallest absolute Gasteiger partial charge is 0.407 e. The second-order valence-corrected chi connectivity index (χ2v) is 9.74. The van der Waals surface area contributed by atoms with Crippen molar-refractivity contribution in [3.05, 3.63) is 39.8 Å². The van der Waals surface area contributed by atoms with Crippen molar-refractivity contribution >= 4 is 23.4 Å². The summed E-state index contributed by atoms with van der Waals surface area (Å²) in [5.74, 6) is -2.75. The van der Waals surface area contributed by atoms with Crippen LogP contribution in [0.3, 0.4) is 0 Å². The van der Waals surface area contributed by atoms with E-state index in [9.17, 15) is 29.4 Å². The molecule has 10 heteroatoms. The zero-order chi connectivity index (χ0) is 26.5. The van der Waals surface area contributed by atoms with Crippen LogP contribution < -0.4 is 15.4 Å².